The van der Waals surface area contributed by atoms with E-state index < -0.39 is 0 Å². The third kappa shape index (κ3) is 4.20. The molecule has 0 bridgehead atoms. The van der Waals surface area contributed by atoms with Crippen molar-refractivity contribution < 1.29 is 4.79 Å². The molecule has 0 heterocycles. The molecule has 0 aliphatic heterocycles. The minimum atomic E-state index is -0.191. The Bertz CT molecular complexity index is 710. The molecule has 120 valence electrons. The van der Waals surface area contributed by atoms with Gasteiger partial charge in [0.05, 0.1) is 0 Å². The Balaban J connectivity index is 1.54. The van der Waals surface area contributed by atoms with Crippen molar-refractivity contribution in [3.05, 3.63) is 48.0 Å². The molecule has 0 radical (unpaired) electrons. The molecular formula is C18H21N3OS. The summed E-state index contributed by atoms with van der Waals surface area (Å²) in [4.78, 5) is 12.2. The van der Waals surface area contributed by atoms with Crippen LogP contribution in [0.2, 0.25) is 0 Å². The highest BCUT2D eigenvalue weighted by Gasteiger charge is 2.14. The molecule has 0 saturated heterocycles. The molecule has 3 rings (SSSR count). The summed E-state index contributed by atoms with van der Waals surface area (Å²) < 4.78 is 0. The predicted octanol–water partition coefficient (Wildman–Crippen LogP) is 3.28. The van der Waals surface area contributed by atoms with Gasteiger partial charge in [0.25, 0.3) is 5.91 Å². The first kappa shape index (κ1) is 15.7. The number of hydrazine groups is 1. The standard InChI is InChI=1S/C18H21N3OS/c22-17(15-11-10-13-6-4-5-7-14(13)12-15)20-21-18(23)19-16-8-2-1-3-9-16/h4-7,10-12,16H,1-3,8-9H2,(H,20,22)(H2,19,21,23). The van der Waals surface area contributed by atoms with Crippen molar-refractivity contribution in [2.75, 3.05) is 0 Å². The number of rotatable bonds is 2. The summed E-state index contributed by atoms with van der Waals surface area (Å²) in [7, 11) is 0. The fourth-order valence-corrected chi connectivity index (χ4v) is 3.20. The van der Waals surface area contributed by atoms with Crippen LogP contribution >= 0.6 is 12.2 Å². The lowest BCUT2D eigenvalue weighted by atomic mass is 9.96. The Morgan fingerprint density at radius 3 is 2.48 bits per heavy atom. The summed E-state index contributed by atoms with van der Waals surface area (Å²) in [6, 6.07) is 14.0. The minimum absolute atomic E-state index is 0.191. The summed E-state index contributed by atoms with van der Waals surface area (Å²) in [6.07, 6.45) is 6.06. The highest BCUT2D eigenvalue weighted by atomic mass is 32.1. The highest BCUT2D eigenvalue weighted by molar-refractivity contribution is 7.80. The molecule has 0 atom stereocenters. The first-order valence-electron chi connectivity index (χ1n) is 8.08. The summed E-state index contributed by atoms with van der Waals surface area (Å²) in [5, 5.41) is 5.90. The lowest BCUT2D eigenvalue weighted by Gasteiger charge is -2.24. The van der Waals surface area contributed by atoms with Crippen LogP contribution in [0.25, 0.3) is 10.8 Å². The Labute approximate surface area is 141 Å². The number of thiocarbonyl (C=S) groups is 1. The van der Waals surface area contributed by atoms with Gasteiger partial charge in [-0.15, -0.1) is 0 Å². The van der Waals surface area contributed by atoms with E-state index in [1.54, 1.807) is 0 Å². The maximum absolute atomic E-state index is 12.2. The molecule has 23 heavy (non-hydrogen) atoms. The van der Waals surface area contributed by atoms with Crippen molar-refractivity contribution >= 4 is 34.0 Å². The van der Waals surface area contributed by atoms with Crippen LogP contribution in [0, 0.1) is 0 Å². The molecular weight excluding hydrogens is 306 g/mol. The smallest absolute Gasteiger partial charge is 0.269 e. The van der Waals surface area contributed by atoms with Crippen molar-refractivity contribution in [2.45, 2.75) is 38.1 Å². The maximum atomic E-state index is 12.2. The van der Waals surface area contributed by atoms with Crippen molar-refractivity contribution in [3.8, 4) is 0 Å². The lowest BCUT2D eigenvalue weighted by molar-refractivity contribution is 0.0943. The monoisotopic (exact) mass is 327 g/mol. The van der Waals surface area contributed by atoms with Gasteiger partial charge in [-0.1, -0.05) is 49.6 Å². The Kier molecular flexibility index (Phi) is 5.08. The Morgan fingerprint density at radius 1 is 0.957 bits per heavy atom. The van der Waals surface area contributed by atoms with Gasteiger partial charge < -0.3 is 5.32 Å². The van der Waals surface area contributed by atoms with Crippen LogP contribution in [0.3, 0.4) is 0 Å². The van der Waals surface area contributed by atoms with Crippen LogP contribution in [0.15, 0.2) is 42.5 Å². The molecule has 5 heteroatoms. The second-order valence-electron chi connectivity index (χ2n) is 5.95. The highest BCUT2D eigenvalue weighted by Crippen LogP contribution is 2.17. The van der Waals surface area contributed by atoms with Crippen LogP contribution in [0.1, 0.15) is 42.5 Å². The fraction of sp³-hybridized carbons (Fsp3) is 0.333. The Hall–Kier alpha value is -2.14. The van der Waals surface area contributed by atoms with E-state index in [1.165, 1.54) is 19.3 Å². The first-order chi connectivity index (χ1) is 11.2. The third-order valence-electron chi connectivity index (χ3n) is 4.24. The van der Waals surface area contributed by atoms with Crippen molar-refractivity contribution in [1.29, 1.82) is 0 Å². The zero-order valence-corrected chi connectivity index (χ0v) is 13.8. The van der Waals surface area contributed by atoms with Crippen LogP contribution in [0.4, 0.5) is 0 Å². The molecule has 1 amide bonds. The number of benzene rings is 2. The van der Waals surface area contributed by atoms with Gasteiger partial charge in [0.1, 0.15) is 0 Å². The lowest BCUT2D eigenvalue weighted by Crippen LogP contribution is -2.50. The van der Waals surface area contributed by atoms with Crippen molar-refractivity contribution in [1.82, 2.24) is 16.2 Å². The second kappa shape index (κ2) is 7.42. The van der Waals surface area contributed by atoms with Gasteiger partial charge >= 0.3 is 0 Å². The van der Waals surface area contributed by atoms with E-state index in [4.69, 9.17) is 12.2 Å². The number of amides is 1. The summed E-state index contributed by atoms with van der Waals surface area (Å²) in [5.41, 5.74) is 6.07. The predicted molar refractivity (Wildman–Crippen MR) is 97.2 cm³/mol. The zero-order valence-electron chi connectivity index (χ0n) is 13.0. The molecule has 2 aromatic carbocycles. The van der Waals surface area contributed by atoms with E-state index in [1.807, 2.05) is 42.5 Å². The SMILES string of the molecule is O=C(NNC(=S)NC1CCCCC1)c1ccc2ccccc2c1. The molecule has 1 aliphatic rings. The van der Waals surface area contributed by atoms with Gasteiger partial charge in [0.15, 0.2) is 5.11 Å². The van der Waals surface area contributed by atoms with E-state index in [2.05, 4.69) is 16.2 Å². The van der Waals surface area contributed by atoms with Gasteiger partial charge in [0.2, 0.25) is 0 Å². The van der Waals surface area contributed by atoms with E-state index in [-0.39, 0.29) is 5.91 Å². The molecule has 0 aromatic heterocycles. The van der Waals surface area contributed by atoms with Gasteiger partial charge in [-0.2, -0.15) is 0 Å². The quantitative estimate of drug-likeness (QED) is 0.585. The maximum Gasteiger partial charge on any atom is 0.269 e. The van der Waals surface area contributed by atoms with E-state index in [9.17, 15) is 4.79 Å². The minimum Gasteiger partial charge on any atom is -0.359 e. The van der Waals surface area contributed by atoms with Crippen LogP contribution < -0.4 is 16.2 Å². The molecule has 3 N–H and O–H groups in total. The van der Waals surface area contributed by atoms with Crippen LogP contribution in [-0.2, 0) is 0 Å². The third-order valence-corrected chi connectivity index (χ3v) is 4.46. The van der Waals surface area contributed by atoms with Gasteiger partial charge in [-0.3, -0.25) is 15.6 Å². The molecule has 2 aromatic rings. The molecule has 0 spiro atoms. The van der Waals surface area contributed by atoms with E-state index in [0.717, 1.165) is 23.6 Å². The van der Waals surface area contributed by atoms with Crippen LogP contribution in [0.5, 0.6) is 0 Å². The largest absolute Gasteiger partial charge is 0.359 e. The number of hydrogen-bond acceptors (Lipinski definition) is 2. The van der Waals surface area contributed by atoms with E-state index in [0.29, 0.717) is 16.7 Å². The fourth-order valence-electron chi connectivity index (χ4n) is 2.98. The van der Waals surface area contributed by atoms with Gasteiger partial charge in [-0.05, 0) is 48.0 Å². The molecule has 1 aliphatic carbocycles. The van der Waals surface area contributed by atoms with Crippen molar-refractivity contribution in [3.63, 3.8) is 0 Å². The average molecular weight is 327 g/mol. The summed E-state index contributed by atoms with van der Waals surface area (Å²) in [6.45, 7) is 0. The van der Waals surface area contributed by atoms with E-state index >= 15 is 0 Å². The summed E-state index contributed by atoms with van der Waals surface area (Å²) in [5.74, 6) is -0.191. The molecule has 1 fully saturated rings. The number of hydrogen-bond donors (Lipinski definition) is 3. The molecule has 0 unspecified atom stereocenters. The molecule has 4 nitrogen and oxygen atoms in total. The average Bonchev–Trinajstić information content (AvgIpc) is 2.60. The molecule has 1 saturated carbocycles. The number of nitrogens with one attached hydrogen (secondary N) is 3. The second-order valence-corrected chi connectivity index (χ2v) is 6.36. The number of carbonyl (C=O) groups excluding carboxylic acids is 1. The first-order valence-corrected chi connectivity index (χ1v) is 8.49. The number of fused-ring (bicyclic) bond motifs is 1. The van der Waals surface area contributed by atoms with Crippen molar-refractivity contribution in [2.24, 2.45) is 0 Å². The normalized spacial score (nSPS) is 15.1. The van der Waals surface area contributed by atoms with Gasteiger partial charge in [0, 0.05) is 11.6 Å². The Morgan fingerprint density at radius 2 is 1.70 bits per heavy atom. The van der Waals surface area contributed by atoms with Gasteiger partial charge in [-0.25, -0.2) is 0 Å². The topological polar surface area (TPSA) is 53.2 Å². The summed E-state index contributed by atoms with van der Waals surface area (Å²) >= 11 is 5.24. The van der Waals surface area contributed by atoms with Crippen LogP contribution in [-0.4, -0.2) is 17.1 Å². The zero-order chi connectivity index (χ0) is 16.1. The number of carbonyl (C=O) groups is 1.